The molecule has 9 amide bonds. The maximum atomic E-state index is 13.7. The lowest BCUT2D eigenvalue weighted by atomic mass is 9.89. The van der Waals surface area contributed by atoms with E-state index in [0.29, 0.717) is 43.9 Å². The number of imide groups is 1. The monoisotopic (exact) mass is 887 g/mol. The quantitative estimate of drug-likeness (QED) is 0.0623. The zero-order valence-corrected chi connectivity index (χ0v) is 37.1. The topological polar surface area (TPSA) is 268 Å². The summed E-state index contributed by atoms with van der Waals surface area (Å²) < 4.78 is 16.6. The summed E-state index contributed by atoms with van der Waals surface area (Å²) in [6, 6.07) is 4.71. The molecule has 0 bridgehead atoms. The van der Waals surface area contributed by atoms with Crippen molar-refractivity contribution in [1.82, 2.24) is 35.6 Å². The molecule has 0 spiro atoms. The predicted molar refractivity (Wildman–Crippen MR) is 229 cm³/mol. The molecule has 3 rings (SSSR count). The Bertz CT molecular complexity index is 1720. The van der Waals surface area contributed by atoms with Gasteiger partial charge in [-0.15, -0.1) is 0 Å². The smallest absolute Gasteiger partial charge is 0.410 e. The number of hydrogen-bond acceptors (Lipinski definition) is 13. The summed E-state index contributed by atoms with van der Waals surface area (Å²) >= 11 is 0. The van der Waals surface area contributed by atoms with Crippen LogP contribution in [0.4, 0.5) is 15.3 Å². The maximum absolute atomic E-state index is 13.7. The molecule has 2 heterocycles. The average Bonchev–Trinajstić information content (AvgIpc) is 3.56. The van der Waals surface area contributed by atoms with Crippen molar-refractivity contribution >= 4 is 59.0 Å². The fourth-order valence-electron chi connectivity index (χ4n) is 6.69. The number of amides is 9. The number of piperazine rings is 1. The third kappa shape index (κ3) is 18.3. The highest BCUT2D eigenvalue weighted by molar-refractivity contribution is 6.02. The Morgan fingerprint density at radius 3 is 2.05 bits per heavy atom. The molecule has 6 N–H and O–H groups in total. The highest BCUT2D eigenvalue weighted by Gasteiger charge is 2.33. The first-order valence-corrected chi connectivity index (χ1v) is 21.3. The van der Waals surface area contributed by atoms with Gasteiger partial charge < -0.3 is 55.9 Å². The van der Waals surface area contributed by atoms with E-state index in [0.717, 1.165) is 4.90 Å². The molecule has 1 aromatic rings. The van der Waals surface area contributed by atoms with Crippen LogP contribution in [-0.2, 0) is 47.8 Å². The Morgan fingerprint density at radius 2 is 1.44 bits per heavy atom. The van der Waals surface area contributed by atoms with Gasteiger partial charge in [-0.05, 0) is 37.9 Å². The number of carbonyl (C=O) groups excluding carboxylic acids is 9. The number of urea groups is 1. The lowest BCUT2D eigenvalue weighted by Gasteiger charge is -2.34. The summed E-state index contributed by atoms with van der Waals surface area (Å²) in [5, 5.41) is 10.7. The van der Waals surface area contributed by atoms with Crippen LogP contribution in [0.3, 0.4) is 0 Å². The Balaban J connectivity index is 1.50. The van der Waals surface area contributed by atoms with Crippen molar-refractivity contribution in [2.24, 2.45) is 17.6 Å². The molecule has 0 saturated carbocycles. The molecule has 2 aliphatic rings. The average molecular weight is 888 g/mol. The molecule has 0 aliphatic carbocycles. The van der Waals surface area contributed by atoms with E-state index < -0.39 is 42.0 Å². The molecule has 0 aromatic heterocycles. The molecule has 1 aromatic carbocycles. The lowest BCUT2D eigenvalue weighted by molar-refractivity contribution is -0.143. The van der Waals surface area contributed by atoms with Crippen LogP contribution in [0.25, 0.3) is 0 Å². The number of carbonyl (C=O) groups is 9. The molecule has 21 nitrogen and oxygen atoms in total. The zero-order chi connectivity index (χ0) is 46.5. The van der Waals surface area contributed by atoms with Crippen molar-refractivity contribution in [3.05, 3.63) is 29.8 Å². The molecule has 350 valence electrons. The van der Waals surface area contributed by atoms with Crippen LogP contribution in [-0.4, -0.2) is 172 Å². The number of nitrogens with one attached hydrogen (secondary N) is 4. The van der Waals surface area contributed by atoms with Crippen molar-refractivity contribution in [2.45, 2.75) is 70.9 Å². The Hall–Kier alpha value is -5.67. The van der Waals surface area contributed by atoms with Crippen LogP contribution in [0, 0.1) is 11.8 Å². The second-order valence-corrected chi connectivity index (χ2v) is 16.0. The number of nitrogens with two attached hydrogens (primary N) is 1. The largest absolute Gasteiger partial charge is 0.431 e. The van der Waals surface area contributed by atoms with Gasteiger partial charge in [-0.3, -0.25) is 38.5 Å². The van der Waals surface area contributed by atoms with E-state index >= 15 is 0 Å². The Kier molecular flexibility index (Phi) is 21.9. The van der Waals surface area contributed by atoms with E-state index in [4.69, 9.17) is 19.9 Å². The number of Topliss-reactive ketones (excluding diaryl/α,β-unsaturated/α-hetero) is 1. The number of primary amides is 1. The molecule has 3 atom stereocenters. The first kappa shape index (κ1) is 51.7. The van der Waals surface area contributed by atoms with Crippen molar-refractivity contribution in [2.75, 3.05) is 98.7 Å². The maximum Gasteiger partial charge on any atom is 0.410 e. The number of rotatable bonds is 26. The highest BCUT2D eigenvalue weighted by atomic mass is 16.6. The fraction of sp³-hybridized carbons (Fsp3) is 0.643. The number of ether oxygens (including phenoxy) is 3. The van der Waals surface area contributed by atoms with E-state index in [-0.39, 0.29) is 120 Å². The van der Waals surface area contributed by atoms with Gasteiger partial charge in [0.25, 0.3) is 5.91 Å². The number of likely N-dealkylation sites (tertiary alicyclic amines) is 1. The van der Waals surface area contributed by atoms with E-state index in [1.54, 1.807) is 43.0 Å². The van der Waals surface area contributed by atoms with Crippen molar-refractivity contribution in [3.8, 4) is 0 Å². The molecule has 2 fully saturated rings. The second-order valence-electron chi connectivity index (χ2n) is 16.0. The molecular formula is C42H65N9O12. The second kappa shape index (κ2) is 26.7. The number of likely N-dealkylation sites (N-methyl/N-ethyl adjacent to an activating group) is 1. The van der Waals surface area contributed by atoms with Gasteiger partial charge in [-0.25, -0.2) is 9.59 Å². The molecular weight excluding hydrogens is 823 g/mol. The molecule has 21 heteroatoms. The first-order valence-electron chi connectivity index (χ1n) is 21.3. The van der Waals surface area contributed by atoms with Crippen LogP contribution < -0.4 is 27.0 Å². The number of hydrogen-bond donors (Lipinski definition) is 5. The van der Waals surface area contributed by atoms with Crippen LogP contribution in [0.5, 0.6) is 0 Å². The molecule has 63 heavy (non-hydrogen) atoms. The zero-order valence-electron chi connectivity index (χ0n) is 37.1. The summed E-state index contributed by atoms with van der Waals surface area (Å²) in [5.41, 5.74) is 5.99. The summed E-state index contributed by atoms with van der Waals surface area (Å²) in [4.78, 5) is 119. The fourth-order valence-corrected chi connectivity index (χ4v) is 6.69. The lowest BCUT2D eigenvalue weighted by Crippen LogP contribution is -2.49. The minimum absolute atomic E-state index is 0.0116. The van der Waals surface area contributed by atoms with Gasteiger partial charge >= 0.3 is 12.1 Å². The third-order valence-corrected chi connectivity index (χ3v) is 10.4. The van der Waals surface area contributed by atoms with Gasteiger partial charge in [0.2, 0.25) is 35.6 Å². The van der Waals surface area contributed by atoms with Crippen LogP contribution in [0.15, 0.2) is 24.3 Å². The van der Waals surface area contributed by atoms with Crippen LogP contribution in [0.1, 0.15) is 70.5 Å². The number of nitrogens with zero attached hydrogens (tertiary/aromatic N) is 4. The van der Waals surface area contributed by atoms with Gasteiger partial charge in [0.1, 0.15) is 0 Å². The van der Waals surface area contributed by atoms with Crippen LogP contribution in [0.2, 0.25) is 0 Å². The number of benzene rings is 1. The molecule has 2 saturated heterocycles. The van der Waals surface area contributed by atoms with Gasteiger partial charge in [0.15, 0.2) is 5.78 Å². The van der Waals surface area contributed by atoms with E-state index in [1.807, 2.05) is 7.05 Å². The van der Waals surface area contributed by atoms with Crippen molar-refractivity contribution < 1.29 is 57.4 Å². The summed E-state index contributed by atoms with van der Waals surface area (Å²) in [6.07, 6.45) is -1.24. The summed E-state index contributed by atoms with van der Waals surface area (Å²) in [6.45, 7) is 6.96. The van der Waals surface area contributed by atoms with E-state index in [1.165, 1.54) is 19.0 Å². The first-order chi connectivity index (χ1) is 30.0. The molecule has 2 aliphatic heterocycles. The Labute approximate surface area is 368 Å². The third-order valence-electron chi connectivity index (χ3n) is 10.4. The highest BCUT2D eigenvalue weighted by Crippen LogP contribution is 2.25. The predicted octanol–water partition coefficient (Wildman–Crippen LogP) is 0.382. The molecule has 0 radical (unpaired) electrons. The summed E-state index contributed by atoms with van der Waals surface area (Å²) in [7, 11) is 5.00. The van der Waals surface area contributed by atoms with Gasteiger partial charge in [0, 0.05) is 109 Å². The molecule has 1 unspecified atom stereocenters. The van der Waals surface area contributed by atoms with Gasteiger partial charge in [0.05, 0.1) is 32.5 Å². The number of anilines is 1. The van der Waals surface area contributed by atoms with E-state index in [2.05, 4.69) is 26.2 Å². The van der Waals surface area contributed by atoms with Gasteiger partial charge in [-0.2, -0.15) is 0 Å². The number of ketones is 1. The standard InChI is InChI=1S/C42H65N9O12/c1-28(2)37(47-34(54)15-23-61-25-26-62-24-17-44-33(53)14-18-51-35(55)12-13-36(51)56)32(52)27-30(7-6-16-45-41(43)59)39(57)46-31-10-8-29(9-11-31)38(63-42(60)48(3)4)40(58)50-21-19-49(5)20-22-50/h8-11,28,30,37-38H,6-7,12-27H2,1-5H3,(H,44,53)(H,46,57)(H,47,54)(H3,43,45,59)/t30-,37+,38?/m1/s1. The normalized spacial score (nSPS) is 15.7. The minimum Gasteiger partial charge on any atom is -0.431 e. The minimum atomic E-state index is -1.21. The summed E-state index contributed by atoms with van der Waals surface area (Å²) in [5.74, 6) is -3.61. The van der Waals surface area contributed by atoms with Crippen molar-refractivity contribution in [1.29, 1.82) is 0 Å². The van der Waals surface area contributed by atoms with E-state index in [9.17, 15) is 43.2 Å². The van der Waals surface area contributed by atoms with Gasteiger partial charge in [-0.1, -0.05) is 26.0 Å². The van der Waals surface area contributed by atoms with Crippen molar-refractivity contribution in [3.63, 3.8) is 0 Å². The van der Waals surface area contributed by atoms with Crippen LogP contribution >= 0.6 is 0 Å². The SMILES string of the molecule is CC(C)[C@H](NC(=O)CCOCCOCCNC(=O)CCN1C(=O)CCC1=O)C(=O)C[C@@H](CCCNC(N)=O)C(=O)Nc1ccc(C(OC(=O)N(C)C)C(=O)N2CCN(C)CC2)cc1. The Morgan fingerprint density at radius 1 is 0.810 bits per heavy atom.